The monoisotopic (exact) mass is 968 g/mol. The normalized spacial score (nSPS) is 12.7. The fraction of sp³-hybridized carbons (Fsp3) is 0.0137. The van der Waals surface area contributed by atoms with Gasteiger partial charge in [0.1, 0.15) is 11.5 Å². The molecule has 0 fully saturated rings. The largest absolute Gasteiger partial charge is 0.457 e. The second-order valence-corrected chi connectivity index (χ2v) is 19.8. The second-order valence-electron chi connectivity index (χ2n) is 19.8. The molecule has 12 aromatic carbocycles. The van der Waals surface area contributed by atoms with Gasteiger partial charge in [-0.05, 0) is 116 Å². The number of nitrogens with zero attached hydrogens (tertiary/aromatic N) is 2. The van der Waals surface area contributed by atoms with Crippen LogP contribution in [0.5, 0.6) is 11.5 Å². The standard InChI is InChI=1S/C73H48N2O/c1-3-24-49(25-4-1)53-30-7-8-31-55(53)56-32-9-10-33-57(56)58-34-12-17-42-65(58)75(52-29-21-26-50(48-52)54-37-22-44-67-71(54)60-36-13-18-43-66(60)74(67)51-27-5-2-6-28-51)68-45-23-41-64-72(68)59-35-11-14-38-61(59)73(64)62-39-15-19-46-69(62)76-70-47-20-16-40-63(70)73/h1-48H. The van der Waals surface area contributed by atoms with Crippen molar-refractivity contribution in [2.24, 2.45) is 0 Å². The molecule has 0 saturated carbocycles. The molecule has 1 aromatic heterocycles. The summed E-state index contributed by atoms with van der Waals surface area (Å²) in [6.45, 7) is 0. The van der Waals surface area contributed by atoms with Crippen LogP contribution < -0.4 is 9.64 Å². The first-order valence-electron chi connectivity index (χ1n) is 26.2. The SMILES string of the molecule is c1ccc(-c2ccccc2-c2ccccc2-c2ccccc2N(c2cccc(-c3cccc4c3c3ccccc3n4-c3ccccc3)c2)c2cccc3c2-c2ccccc2C32c3ccccc3Oc3ccccc32)cc1. The Labute approximate surface area is 442 Å². The first-order chi connectivity index (χ1) is 37.8. The number of rotatable bonds is 8. The number of para-hydroxylation sites is 5. The van der Waals surface area contributed by atoms with Gasteiger partial charge in [0, 0.05) is 44.4 Å². The lowest BCUT2D eigenvalue weighted by molar-refractivity contribution is 0.436. The summed E-state index contributed by atoms with van der Waals surface area (Å²) in [5.41, 5.74) is 22.5. The van der Waals surface area contributed by atoms with Crippen molar-refractivity contribution in [1.29, 1.82) is 0 Å². The number of hydrogen-bond donors (Lipinski definition) is 0. The Kier molecular flexibility index (Phi) is 10.1. The third-order valence-electron chi connectivity index (χ3n) is 15.9. The fourth-order valence-corrected chi connectivity index (χ4v) is 12.8. The van der Waals surface area contributed by atoms with E-state index in [2.05, 4.69) is 301 Å². The molecule has 1 aliphatic heterocycles. The van der Waals surface area contributed by atoms with Crippen LogP contribution in [0.2, 0.25) is 0 Å². The first kappa shape index (κ1) is 43.6. The van der Waals surface area contributed by atoms with E-state index in [9.17, 15) is 0 Å². The molecule has 13 aromatic rings. The van der Waals surface area contributed by atoms with Gasteiger partial charge in [0.05, 0.1) is 27.8 Å². The van der Waals surface area contributed by atoms with Gasteiger partial charge in [-0.15, -0.1) is 0 Å². The summed E-state index contributed by atoms with van der Waals surface area (Å²) in [5.74, 6) is 1.75. The zero-order chi connectivity index (χ0) is 50.2. The summed E-state index contributed by atoms with van der Waals surface area (Å²) in [4.78, 5) is 2.54. The molecular formula is C73H48N2O. The topological polar surface area (TPSA) is 17.4 Å². The molecule has 0 saturated heterocycles. The van der Waals surface area contributed by atoms with Gasteiger partial charge in [0.15, 0.2) is 0 Å². The number of hydrogen-bond acceptors (Lipinski definition) is 2. The van der Waals surface area contributed by atoms with Crippen LogP contribution >= 0.6 is 0 Å². The van der Waals surface area contributed by atoms with Crippen LogP contribution in [0.25, 0.3) is 83.1 Å². The van der Waals surface area contributed by atoms with Crippen LogP contribution in [-0.2, 0) is 5.41 Å². The molecule has 76 heavy (non-hydrogen) atoms. The summed E-state index contributed by atoms with van der Waals surface area (Å²) in [7, 11) is 0. The van der Waals surface area contributed by atoms with Crippen molar-refractivity contribution in [2.75, 3.05) is 4.90 Å². The van der Waals surface area contributed by atoms with Gasteiger partial charge in [-0.2, -0.15) is 0 Å². The Morgan fingerprint density at radius 1 is 0.316 bits per heavy atom. The molecule has 2 aliphatic rings. The van der Waals surface area contributed by atoms with Gasteiger partial charge in [0.25, 0.3) is 0 Å². The zero-order valence-electron chi connectivity index (χ0n) is 41.5. The highest BCUT2D eigenvalue weighted by atomic mass is 16.5. The van der Waals surface area contributed by atoms with E-state index in [1.54, 1.807) is 0 Å². The maximum atomic E-state index is 6.79. The van der Waals surface area contributed by atoms with Crippen LogP contribution in [-0.4, -0.2) is 4.57 Å². The lowest BCUT2D eigenvalue weighted by Gasteiger charge is -2.39. The lowest BCUT2D eigenvalue weighted by Crippen LogP contribution is -2.32. The molecule has 0 bridgehead atoms. The highest BCUT2D eigenvalue weighted by Gasteiger charge is 2.52. The third kappa shape index (κ3) is 6.56. The lowest BCUT2D eigenvalue weighted by atomic mass is 9.66. The number of fused-ring (bicyclic) bond motifs is 12. The van der Waals surface area contributed by atoms with Gasteiger partial charge < -0.3 is 14.2 Å². The first-order valence-corrected chi connectivity index (χ1v) is 26.2. The highest BCUT2D eigenvalue weighted by molar-refractivity contribution is 6.16. The van der Waals surface area contributed by atoms with Crippen LogP contribution in [0.15, 0.2) is 291 Å². The maximum absolute atomic E-state index is 6.79. The van der Waals surface area contributed by atoms with Gasteiger partial charge in [0.2, 0.25) is 0 Å². The number of ether oxygens (including phenoxy) is 1. The summed E-state index contributed by atoms with van der Waals surface area (Å²) >= 11 is 0. The zero-order valence-corrected chi connectivity index (χ0v) is 41.5. The van der Waals surface area contributed by atoms with Gasteiger partial charge in [-0.25, -0.2) is 0 Å². The summed E-state index contributed by atoms with van der Waals surface area (Å²) in [6.07, 6.45) is 0. The van der Waals surface area contributed by atoms with Crippen LogP contribution in [0.3, 0.4) is 0 Å². The molecule has 3 heteroatoms. The van der Waals surface area contributed by atoms with E-state index in [4.69, 9.17) is 4.74 Å². The fourth-order valence-electron chi connectivity index (χ4n) is 12.8. The molecule has 1 aliphatic carbocycles. The van der Waals surface area contributed by atoms with E-state index < -0.39 is 5.41 Å². The third-order valence-corrected chi connectivity index (χ3v) is 15.9. The summed E-state index contributed by atoms with van der Waals surface area (Å²) < 4.78 is 9.19. The molecule has 0 radical (unpaired) electrons. The smallest absolute Gasteiger partial charge is 0.132 e. The van der Waals surface area contributed by atoms with Crippen molar-refractivity contribution in [3.05, 3.63) is 313 Å². The second kappa shape index (κ2) is 17.6. The van der Waals surface area contributed by atoms with Crippen molar-refractivity contribution in [3.8, 4) is 72.8 Å². The Morgan fingerprint density at radius 2 is 0.803 bits per heavy atom. The Bertz CT molecular complexity index is 4350. The maximum Gasteiger partial charge on any atom is 0.132 e. The molecule has 2 heterocycles. The quantitative estimate of drug-likeness (QED) is 0.151. The average molecular weight is 969 g/mol. The molecular weight excluding hydrogens is 921 g/mol. The van der Waals surface area contributed by atoms with E-state index >= 15 is 0 Å². The van der Waals surface area contributed by atoms with Crippen molar-refractivity contribution in [2.45, 2.75) is 5.41 Å². The van der Waals surface area contributed by atoms with Gasteiger partial charge in [-0.3, -0.25) is 0 Å². The number of anilines is 3. The summed E-state index contributed by atoms with van der Waals surface area (Å²) in [6, 6.07) is 106. The Morgan fingerprint density at radius 3 is 1.55 bits per heavy atom. The minimum absolute atomic E-state index is 0.642. The predicted octanol–water partition coefficient (Wildman–Crippen LogP) is 19.4. The minimum Gasteiger partial charge on any atom is -0.457 e. The van der Waals surface area contributed by atoms with E-state index in [-0.39, 0.29) is 0 Å². The van der Waals surface area contributed by atoms with E-state index in [0.29, 0.717) is 0 Å². The van der Waals surface area contributed by atoms with Crippen LogP contribution in [0, 0.1) is 0 Å². The van der Waals surface area contributed by atoms with Gasteiger partial charge in [-0.1, -0.05) is 231 Å². The molecule has 0 atom stereocenters. The Hall–Kier alpha value is -9.96. The van der Waals surface area contributed by atoms with Gasteiger partial charge >= 0.3 is 0 Å². The van der Waals surface area contributed by atoms with Crippen molar-refractivity contribution in [3.63, 3.8) is 0 Å². The van der Waals surface area contributed by atoms with Crippen LogP contribution in [0.1, 0.15) is 22.3 Å². The highest BCUT2D eigenvalue weighted by Crippen LogP contribution is 2.64. The average Bonchev–Trinajstić information content (AvgIpc) is 4.01. The Balaban J connectivity index is 1.01. The van der Waals surface area contributed by atoms with Crippen molar-refractivity contribution < 1.29 is 4.74 Å². The summed E-state index contributed by atoms with van der Waals surface area (Å²) in [5, 5.41) is 2.45. The predicted molar refractivity (Wildman–Crippen MR) is 315 cm³/mol. The molecule has 15 rings (SSSR count). The van der Waals surface area contributed by atoms with E-state index in [1.165, 1.54) is 71.9 Å². The molecule has 356 valence electrons. The number of aromatic nitrogens is 1. The molecule has 0 N–H and O–H groups in total. The molecule has 1 spiro atoms. The molecule has 3 nitrogen and oxygen atoms in total. The molecule has 0 amide bonds. The van der Waals surface area contributed by atoms with E-state index in [0.717, 1.165) is 62.1 Å². The molecule has 0 unspecified atom stereocenters. The van der Waals surface area contributed by atoms with E-state index in [1.807, 2.05) is 0 Å². The van der Waals surface area contributed by atoms with Crippen molar-refractivity contribution in [1.82, 2.24) is 4.57 Å². The minimum atomic E-state index is -0.642. The van der Waals surface area contributed by atoms with Crippen LogP contribution in [0.4, 0.5) is 17.1 Å². The van der Waals surface area contributed by atoms with Crippen molar-refractivity contribution >= 4 is 38.9 Å². The number of benzene rings is 12.